The van der Waals surface area contributed by atoms with Crippen LogP contribution in [0.1, 0.15) is 5.56 Å². The summed E-state index contributed by atoms with van der Waals surface area (Å²) in [6.45, 7) is 6.08. The second-order valence-corrected chi connectivity index (χ2v) is 4.14. The number of fused-ring (bicyclic) bond motifs is 1. The average molecular weight is 177 g/mol. The van der Waals surface area contributed by atoms with Crippen LogP contribution in [0.2, 0.25) is 0 Å². The number of thioether (sulfide) groups is 1. The third-order valence-corrected chi connectivity index (χ3v) is 3.13. The number of hydrogen-bond acceptors (Lipinski definition) is 2. The Balaban J connectivity index is 2.54. The van der Waals surface area contributed by atoms with Crippen LogP contribution >= 0.6 is 11.8 Å². The van der Waals surface area contributed by atoms with Gasteiger partial charge >= 0.3 is 0 Å². The molecule has 1 heterocycles. The lowest BCUT2D eigenvalue weighted by molar-refractivity contribution is 1.17. The Morgan fingerprint density at radius 3 is 2.92 bits per heavy atom. The molecule has 0 N–H and O–H groups in total. The minimum absolute atomic E-state index is 1.11. The molecule has 0 fully saturated rings. The molecular weight excluding hydrogens is 166 g/mol. The normalized spacial score (nSPS) is 15.2. The summed E-state index contributed by atoms with van der Waals surface area (Å²) in [5.74, 6) is 0. The summed E-state index contributed by atoms with van der Waals surface area (Å²) in [4.78, 5) is 3.45. The highest BCUT2D eigenvalue weighted by Crippen LogP contribution is 2.44. The molecule has 0 bridgehead atoms. The molecule has 0 spiro atoms. The standard InChI is InChI=1S/C10H11NS/c1-7-4-5-9-10(6-7)12-8(2)11(9)3/h4-6H,2H2,1,3H3. The van der Waals surface area contributed by atoms with E-state index in [1.807, 2.05) is 0 Å². The maximum atomic E-state index is 3.97. The quantitative estimate of drug-likeness (QED) is 0.599. The van der Waals surface area contributed by atoms with Crippen LogP contribution in [0, 0.1) is 6.92 Å². The van der Waals surface area contributed by atoms with Crippen molar-refractivity contribution in [2.75, 3.05) is 11.9 Å². The first kappa shape index (κ1) is 7.74. The van der Waals surface area contributed by atoms with Gasteiger partial charge in [0, 0.05) is 11.9 Å². The molecule has 12 heavy (non-hydrogen) atoms. The van der Waals surface area contributed by atoms with Crippen LogP contribution in [0.4, 0.5) is 5.69 Å². The van der Waals surface area contributed by atoms with E-state index in [2.05, 4.69) is 43.6 Å². The first-order chi connectivity index (χ1) is 5.68. The molecule has 62 valence electrons. The molecule has 1 aliphatic rings. The summed E-state index contributed by atoms with van der Waals surface area (Å²) in [5.41, 5.74) is 2.58. The highest BCUT2D eigenvalue weighted by Gasteiger charge is 2.19. The lowest BCUT2D eigenvalue weighted by Gasteiger charge is -2.11. The molecule has 0 amide bonds. The number of nitrogens with zero attached hydrogens (tertiary/aromatic N) is 1. The van der Waals surface area contributed by atoms with Crippen molar-refractivity contribution in [2.24, 2.45) is 0 Å². The second kappa shape index (κ2) is 2.56. The largest absolute Gasteiger partial charge is 0.339 e. The van der Waals surface area contributed by atoms with Crippen LogP contribution in [0.15, 0.2) is 34.7 Å². The summed E-state index contributed by atoms with van der Waals surface area (Å²) in [6.07, 6.45) is 0. The Hall–Kier alpha value is -0.890. The topological polar surface area (TPSA) is 3.24 Å². The number of aryl methyl sites for hydroxylation is 1. The second-order valence-electron chi connectivity index (χ2n) is 3.03. The maximum absolute atomic E-state index is 3.97. The molecule has 0 atom stereocenters. The van der Waals surface area contributed by atoms with Crippen molar-refractivity contribution in [3.63, 3.8) is 0 Å². The van der Waals surface area contributed by atoms with E-state index >= 15 is 0 Å². The molecule has 2 heteroatoms. The third-order valence-electron chi connectivity index (χ3n) is 2.08. The summed E-state index contributed by atoms with van der Waals surface area (Å²) >= 11 is 1.74. The summed E-state index contributed by atoms with van der Waals surface area (Å²) in [5, 5.41) is 1.11. The van der Waals surface area contributed by atoms with Gasteiger partial charge < -0.3 is 4.90 Å². The van der Waals surface area contributed by atoms with Crippen LogP contribution in [0.3, 0.4) is 0 Å². The molecule has 0 saturated heterocycles. The average Bonchev–Trinajstić information content (AvgIpc) is 2.28. The molecule has 0 unspecified atom stereocenters. The third kappa shape index (κ3) is 1.03. The van der Waals surface area contributed by atoms with Gasteiger partial charge in [0.15, 0.2) is 0 Å². The van der Waals surface area contributed by atoms with Crippen molar-refractivity contribution in [3.8, 4) is 0 Å². The molecule has 1 aromatic rings. The molecule has 1 aliphatic heterocycles. The monoisotopic (exact) mass is 177 g/mol. The van der Waals surface area contributed by atoms with E-state index in [0.29, 0.717) is 0 Å². The van der Waals surface area contributed by atoms with Gasteiger partial charge in [-0.1, -0.05) is 24.4 Å². The predicted octanol–water partition coefficient (Wildman–Crippen LogP) is 3.01. The molecule has 0 saturated carbocycles. The minimum atomic E-state index is 1.11. The van der Waals surface area contributed by atoms with Crippen molar-refractivity contribution in [1.29, 1.82) is 0 Å². The lowest BCUT2D eigenvalue weighted by atomic mass is 10.2. The first-order valence-electron chi connectivity index (χ1n) is 3.89. The van der Waals surface area contributed by atoms with Gasteiger partial charge in [-0.25, -0.2) is 0 Å². The predicted molar refractivity (Wildman–Crippen MR) is 54.6 cm³/mol. The lowest BCUT2D eigenvalue weighted by Crippen LogP contribution is -2.07. The van der Waals surface area contributed by atoms with Crippen LogP contribution in [0.25, 0.3) is 0 Å². The Kier molecular flexibility index (Phi) is 1.65. The van der Waals surface area contributed by atoms with E-state index in [4.69, 9.17) is 0 Å². The molecule has 2 rings (SSSR count). The highest BCUT2D eigenvalue weighted by atomic mass is 32.2. The van der Waals surface area contributed by atoms with Crippen molar-refractivity contribution < 1.29 is 0 Å². The molecule has 0 aliphatic carbocycles. The molecular formula is C10H11NS. The van der Waals surface area contributed by atoms with Crippen LogP contribution in [-0.4, -0.2) is 7.05 Å². The molecule has 0 radical (unpaired) electrons. The van der Waals surface area contributed by atoms with Crippen molar-refractivity contribution in [1.82, 2.24) is 0 Å². The molecule has 0 aromatic heterocycles. The first-order valence-corrected chi connectivity index (χ1v) is 4.71. The fraction of sp³-hybridized carbons (Fsp3) is 0.200. The van der Waals surface area contributed by atoms with Gasteiger partial charge in [-0.3, -0.25) is 0 Å². The maximum Gasteiger partial charge on any atom is 0.0725 e. The number of hydrogen-bond donors (Lipinski definition) is 0. The van der Waals surface area contributed by atoms with Gasteiger partial charge in [0.25, 0.3) is 0 Å². The number of benzene rings is 1. The van der Waals surface area contributed by atoms with E-state index in [1.165, 1.54) is 16.1 Å². The van der Waals surface area contributed by atoms with Gasteiger partial charge in [-0.15, -0.1) is 0 Å². The zero-order valence-corrected chi connectivity index (χ0v) is 8.11. The van der Waals surface area contributed by atoms with E-state index in [-0.39, 0.29) is 0 Å². The fourth-order valence-electron chi connectivity index (χ4n) is 1.31. The Morgan fingerprint density at radius 2 is 2.17 bits per heavy atom. The zero-order chi connectivity index (χ0) is 8.72. The van der Waals surface area contributed by atoms with Gasteiger partial charge in [0.05, 0.1) is 10.7 Å². The van der Waals surface area contributed by atoms with Crippen LogP contribution in [0.5, 0.6) is 0 Å². The minimum Gasteiger partial charge on any atom is -0.339 e. The van der Waals surface area contributed by atoms with E-state index < -0.39 is 0 Å². The Labute approximate surface area is 77.1 Å². The summed E-state index contributed by atoms with van der Waals surface area (Å²) in [7, 11) is 2.05. The van der Waals surface area contributed by atoms with Crippen molar-refractivity contribution in [3.05, 3.63) is 35.4 Å². The van der Waals surface area contributed by atoms with Gasteiger partial charge in [0.2, 0.25) is 0 Å². The molecule has 1 aromatic carbocycles. The summed E-state index contributed by atoms with van der Waals surface area (Å²) in [6, 6.07) is 6.49. The van der Waals surface area contributed by atoms with Crippen LogP contribution < -0.4 is 4.90 Å². The van der Waals surface area contributed by atoms with Gasteiger partial charge in [-0.05, 0) is 24.6 Å². The smallest absolute Gasteiger partial charge is 0.0725 e. The molecule has 1 nitrogen and oxygen atoms in total. The van der Waals surface area contributed by atoms with Gasteiger partial charge in [-0.2, -0.15) is 0 Å². The zero-order valence-electron chi connectivity index (χ0n) is 7.29. The Morgan fingerprint density at radius 1 is 1.42 bits per heavy atom. The van der Waals surface area contributed by atoms with E-state index in [0.717, 1.165) is 5.03 Å². The Bertz CT molecular complexity index is 344. The van der Waals surface area contributed by atoms with E-state index in [1.54, 1.807) is 11.8 Å². The number of anilines is 1. The van der Waals surface area contributed by atoms with Crippen molar-refractivity contribution in [2.45, 2.75) is 11.8 Å². The SMILES string of the molecule is C=C1Sc2cc(C)ccc2N1C. The van der Waals surface area contributed by atoms with E-state index in [9.17, 15) is 0 Å². The summed E-state index contributed by atoms with van der Waals surface area (Å²) < 4.78 is 0. The highest BCUT2D eigenvalue weighted by molar-refractivity contribution is 8.03. The fourth-order valence-corrected chi connectivity index (χ4v) is 2.35. The number of rotatable bonds is 0. The van der Waals surface area contributed by atoms with Gasteiger partial charge in [0.1, 0.15) is 0 Å². The van der Waals surface area contributed by atoms with Crippen molar-refractivity contribution >= 4 is 17.4 Å². The van der Waals surface area contributed by atoms with Crippen LogP contribution in [-0.2, 0) is 0 Å².